The molecule has 4 heteroatoms. The van der Waals surface area contributed by atoms with Gasteiger partial charge in [-0.05, 0) is 38.0 Å². The van der Waals surface area contributed by atoms with Crippen LogP contribution in [0.1, 0.15) is 51.9 Å². The topological polar surface area (TPSA) is 46.3 Å². The number of piperidine rings is 1. The van der Waals surface area contributed by atoms with Gasteiger partial charge in [0.15, 0.2) is 0 Å². The predicted octanol–water partition coefficient (Wildman–Crippen LogP) is 2.33. The number of hydrogen-bond acceptors (Lipinski definition) is 2. The molecule has 0 bridgehead atoms. The molecule has 1 heterocycles. The molecule has 0 aromatic heterocycles. The molecule has 17 heavy (non-hydrogen) atoms. The summed E-state index contributed by atoms with van der Waals surface area (Å²) in [5.74, 6) is 0.130. The number of rotatable bonds is 1. The van der Waals surface area contributed by atoms with Crippen LogP contribution in [0.5, 0.6) is 0 Å². The van der Waals surface area contributed by atoms with E-state index in [1.165, 1.54) is 44.9 Å². The molecule has 1 atom stereocenters. The molecule has 1 saturated heterocycles. The van der Waals surface area contributed by atoms with Gasteiger partial charge >= 0.3 is 0 Å². The normalized spacial score (nSPS) is 25.2. The first-order valence-corrected chi connectivity index (χ1v) is 6.67. The van der Waals surface area contributed by atoms with Crippen molar-refractivity contribution in [2.24, 2.45) is 11.1 Å². The summed E-state index contributed by atoms with van der Waals surface area (Å²) >= 11 is 0. The van der Waals surface area contributed by atoms with Crippen molar-refractivity contribution in [3.63, 3.8) is 0 Å². The molecule has 100 valence electrons. The maximum atomic E-state index is 11.8. The average Bonchev–Trinajstić information content (AvgIpc) is 2.30. The van der Waals surface area contributed by atoms with Crippen LogP contribution in [0.3, 0.4) is 0 Å². The fourth-order valence-electron chi connectivity index (χ4n) is 3.29. The number of amides is 1. The number of halogens is 1. The van der Waals surface area contributed by atoms with E-state index in [-0.39, 0.29) is 24.4 Å². The molecule has 1 amide bonds. The number of carbonyl (C=O) groups excluding carboxylic acids is 1. The molecule has 2 rings (SSSR count). The van der Waals surface area contributed by atoms with Crippen molar-refractivity contribution in [3.05, 3.63) is 0 Å². The Balaban J connectivity index is 0.00000144. The zero-order valence-corrected chi connectivity index (χ0v) is 11.6. The van der Waals surface area contributed by atoms with Crippen molar-refractivity contribution in [2.45, 2.75) is 57.9 Å². The molecule has 3 nitrogen and oxygen atoms in total. The third-order valence-electron chi connectivity index (χ3n) is 4.44. The fourth-order valence-corrected chi connectivity index (χ4v) is 3.29. The monoisotopic (exact) mass is 260 g/mol. The molecule has 1 aliphatic heterocycles. The molecule has 2 N–H and O–H groups in total. The van der Waals surface area contributed by atoms with E-state index in [1.807, 2.05) is 4.90 Å². The Bertz CT molecular complexity index is 252. The third-order valence-corrected chi connectivity index (χ3v) is 4.44. The van der Waals surface area contributed by atoms with Gasteiger partial charge in [0.2, 0.25) is 5.91 Å². The van der Waals surface area contributed by atoms with E-state index in [0.29, 0.717) is 5.41 Å². The molecule has 1 saturated carbocycles. The standard InChI is InChI=1S/C13H24N2O.ClH/c1-11(14)12(16)15-9-7-13(8-10-15)5-3-2-4-6-13;/h11H,2-10,14H2,1H3;1H/t11-;/m0./s1. The Hall–Kier alpha value is -0.280. The van der Waals surface area contributed by atoms with Crippen molar-refractivity contribution in [1.29, 1.82) is 0 Å². The van der Waals surface area contributed by atoms with Crippen molar-refractivity contribution in [1.82, 2.24) is 4.90 Å². The first-order chi connectivity index (χ1) is 7.63. The summed E-state index contributed by atoms with van der Waals surface area (Å²) in [4.78, 5) is 13.7. The highest BCUT2D eigenvalue weighted by atomic mass is 35.5. The summed E-state index contributed by atoms with van der Waals surface area (Å²) in [5, 5.41) is 0. The lowest BCUT2D eigenvalue weighted by Crippen LogP contribution is -2.48. The minimum Gasteiger partial charge on any atom is -0.341 e. The van der Waals surface area contributed by atoms with E-state index in [0.717, 1.165) is 13.1 Å². The first-order valence-electron chi connectivity index (χ1n) is 6.67. The van der Waals surface area contributed by atoms with Crippen LogP contribution in [0.25, 0.3) is 0 Å². The molecule has 0 radical (unpaired) electrons. The second kappa shape index (κ2) is 6.05. The molecule has 2 aliphatic rings. The van der Waals surface area contributed by atoms with Crippen LogP contribution >= 0.6 is 12.4 Å². The second-order valence-corrected chi connectivity index (χ2v) is 5.67. The third kappa shape index (κ3) is 3.35. The highest BCUT2D eigenvalue weighted by Gasteiger charge is 2.36. The van der Waals surface area contributed by atoms with Gasteiger partial charge in [0.25, 0.3) is 0 Å². The molecule has 0 unspecified atom stereocenters. The largest absolute Gasteiger partial charge is 0.341 e. The molecule has 1 spiro atoms. The van der Waals surface area contributed by atoms with Crippen LogP contribution in [0, 0.1) is 5.41 Å². The van der Waals surface area contributed by atoms with Crippen LogP contribution in [-0.4, -0.2) is 29.9 Å². The lowest BCUT2D eigenvalue weighted by molar-refractivity contribution is -0.134. The van der Waals surface area contributed by atoms with Crippen LogP contribution in [0.2, 0.25) is 0 Å². The first kappa shape index (κ1) is 14.8. The Morgan fingerprint density at radius 2 is 1.65 bits per heavy atom. The lowest BCUT2D eigenvalue weighted by atomic mass is 9.68. The Kier molecular flexibility index (Phi) is 5.26. The summed E-state index contributed by atoms with van der Waals surface area (Å²) in [5.41, 5.74) is 6.22. The summed E-state index contributed by atoms with van der Waals surface area (Å²) in [6, 6.07) is -0.333. The molecule has 0 aromatic carbocycles. The number of nitrogens with two attached hydrogens (primary N) is 1. The van der Waals surface area contributed by atoms with Gasteiger partial charge in [0.05, 0.1) is 6.04 Å². The summed E-state index contributed by atoms with van der Waals surface area (Å²) in [6.45, 7) is 3.65. The molecule has 2 fully saturated rings. The van der Waals surface area contributed by atoms with E-state index in [4.69, 9.17) is 5.73 Å². The van der Waals surface area contributed by atoms with Gasteiger partial charge in [-0.1, -0.05) is 19.3 Å². The quantitative estimate of drug-likeness (QED) is 0.787. The number of carbonyl (C=O) groups is 1. The minimum atomic E-state index is -0.333. The maximum absolute atomic E-state index is 11.8. The smallest absolute Gasteiger partial charge is 0.239 e. The lowest BCUT2D eigenvalue weighted by Gasteiger charge is -2.44. The van der Waals surface area contributed by atoms with E-state index < -0.39 is 0 Å². The minimum absolute atomic E-state index is 0. The van der Waals surface area contributed by atoms with Gasteiger partial charge in [0.1, 0.15) is 0 Å². The second-order valence-electron chi connectivity index (χ2n) is 5.67. The van der Waals surface area contributed by atoms with Crippen molar-refractivity contribution in [3.8, 4) is 0 Å². The average molecular weight is 261 g/mol. The summed E-state index contributed by atoms with van der Waals surface area (Å²) < 4.78 is 0. The number of nitrogens with zero attached hydrogens (tertiary/aromatic N) is 1. The van der Waals surface area contributed by atoms with E-state index in [1.54, 1.807) is 6.92 Å². The predicted molar refractivity (Wildman–Crippen MR) is 72.2 cm³/mol. The van der Waals surface area contributed by atoms with Gasteiger partial charge in [-0.2, -0.15) is 0 Å². The van der Waals surface area contributed by atoms with Crippen LogP contribution in [0.15, 0.2) is 0 Å². The van der Waals surface area contributed by atoms with Crippen molar-refractivity contribution >= 4 is 18.3 Å². The van der Waals surface area contributed by atoms with E-state index >= 15 is 0 Å². The summed E-state index contributed by atoms with van der Waals surface area (Å²) in [7, 11) is 0. The summed E-state index contributed by atoms with van der Waals surface area (Å²) in [6.07, 6.45) is 9.35. The van der Waals surface area contributed by atoms with Crippen LogP contribution in [-0.2, 0) is 4.79 Å². The fraction of sp³-hybridized carbons (Fsp3) is 0.923. The van der Waals surface area contributed by atoms with Gasteiger partial charge in [0, 0.05) is 13.1 Å². The van der Waals surface area contributed by atoms with Gasteiger partial charge in [-0.3, -0.25) is 4.79 Å². The number of hydrogen-bond donors (Lipinski definition) is 1. The highest BCUT2D eigenvalue weighted by molar-refractivity contribution is 5.85. The highest BCUT2D eigenvalue weighted by Crippen LogP contribution is 2.44. The van der Waals surface area contributed by atoms with E-state index in [9.17, 15) is 4.79 Å². The molecule has 1 aliphatic carbocycles. The SMILES string of the molecule is C[C@H](N)C(=O)N1CCC2(CCCCC2)CC1.Cl. The Labute approximate surface area is 111 Å². The Morgan fingerprint density at radius 1 is 1.12 bits per heavy atom. The van der Waals surface area contributed by atoms with Crippen LogP contribution < -0.4 is 5.73 Å². The Morgan fingerprint density at radius 3 is 2.12 bits per heavy atom. The number of likely N-dealkylation sites (tertiary alicyclic amines) is 1. The van der Waals surface area contributed by atoms with Crippen molar-refractivity contribution < 1.29 is 4.79 Å². The zero-order valence-electron chi connectivity index (χ0n) is 10.8. The van der Waals surface area contributed by atoms with Gasteiger partial charge in [-0.15, -0.1) is 12.4 Å². The van der Waals surface area contributed by atoms with E-state index in [2.05, 4.69) is 0 Å². The molecular formula is C13H25ClN2O. The van der Waals surface area contributed by atoms with Gasteiger partial charge < -0.3 is 10.6 Å². The zero-order chi connectivity index (χ0) is 11.6. The van der Waals surface area contributed by atoms with Crippen LogP contribution in [0.4, 0.5) is 0 Å². The molecular weight excluding hydrogens is 236 g/mol. The maximum Gasteiger partial charge on any atom is 0.239 e. The molecule has 0 aromatic rings. The van der Waals surface area contributed by atoms with Crippen molar-refractivity contribution in [2.75, 3.05) is 13.1 Å². The van der Waals surface area contributed by atoms with Gasteiger partial charge in [-0.25, -0.2) is 0 Å².